The molecule has 6 heterocycles. The second kappa shape index (κ2) is 17.1. The highest BCUT2D eigenvalue weighted by Crippen LogP contribution is 2.49. The van der Waals surface area contributed by atoms with Gasteiger partial charge in [-0.25, -0.2) is 13.1 Å². The summed E-state index contributed by atoms with van der Waals surface area (Å²) in [6.07, 6.45) is 6.06. The van der Waals surface area contributed by atoms with Crippen molar-refractivity contribution in [1.82, 2.24) is 14.3 Å². The van der Waals surface area contributed by atoms with E-state index in [2.05, 4.69) is 34.6 Å². The number of hydrogen-bond donors (Lipinski definition) is 2. The topological polar surface area (TPSA) is 197 Å². The molecule has 0 radical (unpaired) electrons. The van der Waals surface area contributed by atoms with E-state index in [0.29, 0.717) is 74.6 Å². The number of nitro benzene ring substituents is 1. The molecule has 1 saturated carbocycles. The van der Waals surface area contributed by atoms with Crippen molar-refractivity contribution in [2.45, 2.75) is 88.0 Å². The SMILES string of the molecule is C[Si](C)(C)CCOCn1ccc2cc3c(nc21)O[C@@H]1COC[C@H]1N3c1cc(N2CCC3(CC2)CC(=O)C3)ccc1C(=O)NS(=O)(=O)c1ccc(NCC2CCOCC2)c([N+](=O)[O-])c1. The number of nitro groups is 1. The maximum atomic E-state index is 14.5. The van der Waals surface area contributed by atoms with Crippen LogP contribution in [0.3, 0.4) is 0 Å². The Morgan fingerprint density at radius 2 is 1.79 bits per heavy atom. The molecule has 17 nitrogen and oxygen atoms in total. The lowest BCUT2D eigenvalue weighted by molar-refractivity contribution is -0.384. The number of amides is 1. The highest BCUT2D eigenvalue weighted by molar-refractivity contribution is 7.90. The third kappa shape index (κ3) is 9.02. The molecule has 0 unspecified atom stereocenters. The van der Waals surface area contributed by atoms with Crippen LogP contribution in [0.1, 0.15) is 48.9 Å². The number of ether oxygens (including phenoxy) is 4. The predicted octanol–water partition coefficient (Wildman–Crippen LogP) is 6.46. The molecule has 9 rings (SSSR count). The number of fused-ring (bicyclic) bond motifs is 3. The largest absolute Gasteiger partial charge is 0.468 e. The molecular weight excluding hydrogens is 847 g/mol. The molecule has 2 aromatic carbocycles. The molecule has 1 aliphatic carbocycles. The maximum absolute atomic E-state index is 14.5. The van der Waals surface area contributed by atoms with E-state index in [0.717, 1.165) is 62.0 Å². The fourth-order valence-corrected chi connectivity index (χ4v) is 11.1. The number of aromatic nitrogens is 2. The zero-order valence-electron chi connectivity index (χ0n) is 36.0. The van der Waals surface area contributed by atoms with Gasteiger partial charge in [-0.15, -0.1) is 0 Å². The molecule has 63 heavy (non-hydrogen) atoms. The highest BCUT2D eigenvalue weighted by Gasteiger charge is 2.46. The lowest BCUT2D eigenvalue weighted by Crippen LogP contribution is -2.48. The van der Waals surface area contributed by atoms with Crippen molar-refractivity contribution in [3.05, 3.63) is 70.4 Å². The van der Waals surface area contributed by atoms with Crippen molar-refractivity contribution < 1.29 is 41.9 Å². The van der Waals surface area contributed by atoms with E-state index in [9.17, 15) is 28.1 Å². The maximum Gasteiger partial charge on any atom is 0.293 e. The lowest BCUT2D eigenvalue weighted by atomic mass is 9.62. The number of Topliss-reactive ketones (excluding diaryl/α,β-unsaturated/α-hetero) is 1. The van der Waals surface area contributed by atoms with Crippen molar-refractivity contribution >= 4 is 69.3 Å². The van der Waals surface area contributed by atoms with Gasteiger partial charge in [0.15, 0.2) is 0 Å². The number of nitrogens with zero attached hydrogens (tertiary/aromatic N) is 5. The first-order valence-corrected chi connectivity index (χ1v) is 27.0. The van der Waals surface area contributed by atoms with Crippen molar-refractivity contribution in [2.24, 2.45) is 11.3 Å². The summed E-state index contributed by atoms with van der Waals surface area (Å²) in [6, 6.07) is 13.5. The molecule has 1 amide bonds. The zero-order chi connectivity index (χ0) is 44.1. The Hall–Kier alpha value is -5.08. The molecule has 3 saturated heterocycles. The average Bonchev–Trinajstić information content (AvgIpc) is 3.88. The van der Waals surface area contributed by atoms with E-state index in [1.807, 2.05) is 39.9 Å². The van der Waals surface area contributed by atoms with Gasteiger partial charge in [0.2, 0.25) is 5.88 Å². The molecule has 5 aliphatic rings. The van der Waals surface area contributed by atoms with Gasteiger partial charge in [-0.2, -0.15) is 4.98 Å². The van der Waals surface area contributed by atoms with Crippen molar-refractivity contribution in [2.75, 3.05) is 67.8 Å². The minimum absolute atomic E-state index is 0.0448. The van der Waals surface area contributed by atoms with Crippen LogP contribution in [0.4, 0.5) is 28.4 Å². The Morgan fingerprint density at radius 3 is 2.52 bits per heavy atom. The minimum Gasteiger partial charge on any atom is -0.468 e. The van der Waals surface area contributed by atoms with Crippen molar-refractivity contribution in [3.8, 4) is 5.88 Å². The van der Waals surface area contributed by atoms with Gasteiger partial charge in [0, 0.05) is 83.7 Å². The summed E-state index contributed by atoms with van der Waals surface area (Å²) in [4.78, 5) is 46.9. The molecule has 4 aromatic rings. The highest BCUT2D eigenvalue weighted by atomic mass is 32.2. The number of ketones is 1. The summed E-state index contributed by atoms with van der Waals surface area (Å²) < 4.78 is 56.2. The molecule has 0 bridgehead atoms. The molecule has 2 atom stereocenters. The van der Waals surface area contributed by atoms with Gasteiger partial charge in [-0.05, 0) is 85.5 Å². The van der Waals surface area contributed by atoms with Gasteiger partial charge in [0.25, 0.3) is 21.6 Å². The van der Waals surface area contributed by atoms with Crippen molar-refractivity contribution in [3.63, 3.8) is 0 Å². The number of piperidine rings is 1. The Kier molecular flexibility index (Phi) is 11.7. The Bertz CT molecular complexity index is 2520. The first kappa shape index (κ1) is 43.2. The number of pyridine rings is 1. The zero-order valence-corrected chi connectivity index (χ0v) is 37.8. The summed E-state index contributed by atoms with van der Waals surface area (Å²) in [5.41, 5.74) is 2.41. The van der Waals surface area contributed by atoms with E-state index < -0.39 is 51.7 Å². The smallest absolute Gasteiger partial charge is 0.293 e. The van der Waals surface area contributed by atoms with Gasteiger partial charge in [-0.1, -0.05) is 19.6 Å². The summed E-state index contributed by atoms with van der Waals surface area (Å²) in [7, 11) is -5.89. The predicted molar refractivity (Wildman–Crippen MR) is 239 cm³/mol. The Balaban J connectivity index is 1.05. The summed E-state index contributed by atoms with van der Waals surface area (Å²) >= 11 is 0. The quantitative estimate of drug-likeness (QED) is 0.0605. The summed E-state index contributed by atoms with van der Waals surface area (Å²) in [6.45, 7) is 11.6. The van der Waals surface area contributed by atoms with Crippen LogP contribution < -0.4 is 24.6 Å². The minimum atomic E-state index is -4.61. The van der Waals surface area contributed by atoms with Crippen LogP contribution in [0, 0.1) is 21.4 Å². The van der Waals surface area contributed by atoms with Gasteiger partial charge in [0.1, 0.15) is 35.6 Å². The van der Waals surface area contributed by atoms with Crippen LogP contribution in [0.5, 0.6) is 5.88 Å². The third-order valence-corrected chi connectivity index (χ3v) is 16.2. The lowest BCUT2D eigenvalue weighted by Gasteiger charge is -2.47. The van der Waals surface area contributed by atoms with Gasteiger partial charge < -0.3 is 38.6 Å². The van der Waals surface area contributed by atoms with E-state index in [1.165, 1.54) is 12.1 Å². The number of carbonyl (C=O) groups excluding carboxylic acids is 2. The van der Waals surface area contributed by atoms with Gasteiger partial charge >= 0.3 is 0 Å². The number of anilines is 4. The number of sulfonamides is 1. The second-order valence-electron chi connectivity index (χ2n) is 18.9. The number of benzene rings is 2. The molecule has 4 aliphatic heterocycles. The number of nitrogens with one attached hydrogen (secondary N) is 2. The number of carbonyl (C=O) groups is 2. The van der Waals surface area contributed by atoms with E-state index >= 15 is 0 Å². The number of hydrogen-bond acceptors (Lipinski definition) is 14. The fraction of sp³-hybridized carbons (Fsp3) is 0.523. The molecule has 1 spiro atoms. The average molecular weight is 902 g/mol. The Labute approximate surface area is 367 Å². The monoisotopic (exact) mass is 901 g/mol. The van der Waals surface area contributed by atoms with Crippen molar-refractivity contribution in [1.29, 1.82) is 0 Å². The van der Waals surface area contributed by atoms with Crippen LogP contribution >= 0.6 is 0 Å². The molecular formula is C44H55N7O10SSi. The third-order valence-electron chi connectivity index (χ3n) is 13.2. The van der Waals surface area contributed by atoms with Crippen LogP contribution in [0.2, 0.25) is 25.7 Å². The van der Waals surface area contributed by atoms with E-state index in [4.69, 9.17) is 23.9 Å². The van der Waals surface area contributed by atoms with E-state index in [1.54, 1.807) is 6.07 Å². The van der Waals surface area contributed by atoms with Crippen LogP contribution in [-0.4, -0.2) is 107 Å². The fourth-order valence-electron chi connectivity index (χ4n) is 9.40. The van der Waals surface area contributed by atoms with Gasteiger partial charge in [0.05, 0.1) is 40.3 Å². The standard InChI is InChI=1S/C44H55N7O10SSi/c1-63(2,3)19-18-59-28-49-13-8-30-20-38-43(46-41(30)49)61-40-27-60-26-39(40)50(38)36-21-31(48-14-11-44(12-15-48)23-32(52)24-44)4-6-34(36)42(53)47-62(56,57)33-5-7-35(37(22-33)51(54)55)45-25-29-9-16-58-17-10-29/h4-8,13,20-22,29,39-40,45H,9-12,14-19,23-28H2,1-3H3,(H,47,53)/t39-,40-/m1/s1. The first-order valence-electron chi connectivity index (χ1n) is 21.8. The van der Waals surface area contributed by atoms with E-state index in [-0.39, 0.29) is 35.8 Å². The normalized spacial score (nSPS) is 21.2. The molecule has 4 fully saturated rings. The first-order chi connectivity index (χ1) is 30.2. The summed E-state index contributed by atoms with van der Waals surface area (Å²) in [5, 5.41) is 16.2. The molecule has 2 aromatic heterocycles. The second-order valence-corrected chi connectivity index (χ2v) is 26.2. The van der Waals surface area contributed by atoms with Crippen LogP contribution in [-0.2, 0) is 35.8 Å². The number of rotatable bonds is 14. The Morgan fingerprint density at radius 1 is 1.02 bits per heavy atom. The molecule has 2 N–H and O–H groups in total. The molecule has 336 valence electrons. The van der Waals surface area contributed by atoms with Crippen LogP contribution in [0.25, 0.3) is 11.0 Å². The molecule has 19 heteroatoms. The summed E-state index contributed by atoms with van der Waals surface area (Å²) in [5.74, 6) is -0.00689. The van der Waals surface area contributed by atoms with Crippen LogP contribution in [0.15, 0.2) is 59.6 Å². The van der Waals surface area contributed by atoms with Gasteiger partial charge in [-0.3, -0.25) is 19.7 Å².